The summed E-state index contributed by atoms with van der Waals surface area (Å²) in [6.45, 7) is 0.515. The number of anilines is 1. The van der Waals surface area contributed by atoms with Crippen LogP contribution in [0.3, 0.4) is 0 Å². The van der Waals surface area contributed by atoms with E-state index in [4.69, 9.17) is 5.73 Å². The number of carbonyl (C=O) groups is 1. The molecule has 0 fully saturated rings. The third-order valence-electron chi connectivity index (χ3n) is 2.64. The highest BCUT2D eigenvalue weighted by molar-refractivity contribution is 9.10. The molecule has 0 saturated heterocycles. The fourth-order valence-corrected chi connectivity index (χ4v) is 1.98. The van der Waals surface area contributed by atoms with Crippen LogP contribution in [0, 0.1) is 0 Å². The van der Waals surface area contributed by atoms with Crippen LogP contribution in [0.5, 0.6) is 0 Å². The molecule has 1 aromatic heterocycles. The van der Waals surface area contributed by atoms with E-state index in [1.54, 1.807) is 18.3 Å². The van der Waals surface area contributed by atoms with Gasteiger partial charge in [0.25, 0.3) is 5.91 Å². The number of hydrogen-bond donors (Lipinski definition) is 2. The van der Waals surface area contributed by atoms with Gasteiger partial charge < -0.3 is 11.1 Å². The van der Waals surface area contributed by atoms with Crippen LogP contribution in [0.1, 0.15) is 15.9 Å². The molecule has 0 spiro atoms. The smallest absolute Gasteiger partial charge is 0.257 e. The highest BCUT2D eigenvalue weighted by Gasteiger charge is 2.10. The molecule has 0 radical (unpaired) electrons. The molecule has 4 nitrogen and oxygen atoms in total. The Morgan fingerprint density at radius 3 is 2.74 bits per heavy atom. The van der Waals surface area contributed by atoms with Crippen LogP contribution in [-0.4, -0.2) is 17.4 Å². The fourth-order valence-electron chi connectivity index (χ4n) is 1.75. The number of nitrogens with one attached hydrogen (secondary N) is 1. The minimum atomic E-state index is -0.168. The van der Waals surface area contributed by atoms with Gasteiger partial charge in [-0.2, -0.15) is 0 Å². The van der Waals surface area contributed by atoms with Crippen molar-refractivity contribution in [2.24, 2.45) is 5.73 Å². The van der Waals surface area contributed by atoms with Gasteiger partial charge in [0.1, 0.15) is 5.82 Å². The average molecular weight is 320 g/mol. The van der Waals surface area contributed by atoms with Crippen LogP contribution in [-0.2, 0) is 6.42 Å². The van der Waals surface area contributed by atoms with Crippen molar-refractivity contribution in [2.75, 3.05) is 11.9 Å². The lowest BCUT2D eigenvalue weighted by Crippen LogP contribution is -2.16. The third-order valence-corrected chi connectivity index (χ3v) is 3.11. The van der Waals surface area contributed by atoms with Crippen molar-refractivity contribution in [3.63, 3.8) is 0 Å². The number of aromatic nitrogens is 1. The molecule has 1 amide bonds. The summed E-state index contributed by atoms with van der Waals surface area (Å²) in [5, 5.41) is 2.77. The Labute approximate surface area is 120 Å². The Balaban J connectivity index is 2.18. The zero-order valence-electron chi connectivity index (χ0n) is 10.3. The highest BCUT2D eigenvalue weighted by Crippen LogP contribution is 2.14. The van der Waals surface area contributed by atoms with E-state index in [-0.39, 0.29) is 5.91 Å². The van der Waals surface area contributed by atoms with Crippen LogP contribution in [0.25, 0.3) is 0 Å². The number of halogens is 1. The molecule has 0 bridgehead atoms. The zero-order valence-corrected chi connectivity index (χ0v) is 11.9. The molecule has 5 heteroatoms. The second kappa shape index (κ2) is 6.45. The van der Waals surface area contributed by atoms with E-state index in [1.165, 1.54) is 0 Å². The zero-order chi connectivity index (χ0) is 13.7. The number of rotatable bonds is 4. The van der Waals surface area contributed by atoms with Crippen molar-refractivity contribution < 1.29 is 4.79 Å². The molecule has 0 aliphatic carbocycles. The quantitative estimate of drug-likeness (QED) is 0.910. The molecule has 0 saturated carbocycles. The topological polar surface area (TPSA) is 68.0 Å². The predicted octanol–water partition coefficient (Wildman–Crippen LogP) is 2.60. The number of nitrogens with zero attached hydrogens (tertiary/aromatic N) is 1. The minimum Gasteiger partial charge on any atom is -0.330 e. The van der Waals surface area contributed by atoms with E-state index in [9.17, 15) is 4.79 Å². The van der Waals surface area contributed by atoms with Gasteiger partial charge in [0, 0.05) is 16.2 Å². The molecular weight excluding hydrogens is 306 g/mol. The molecule has 1 aromatic carbocycles. The summed E-state index contributed by atoms with van der Waals surface area (Å²) in [6, 6.07) is 11.0. The van der Waals surface area contributed by atoms with Gasteiger partial charge in [-0.3, -0.25) is 4.79 Å². The van der Waals surface area contributed by atoms with Crippen molar-refractivity contribution in [3.8, 4) is 0 Å². The van der Waals surface area contributed by atoms with Crippen molar-refractivity contribution in [1.29, 1.82) is 0 Å². The van der Waals surface area contributed by atoms with Gasteiger partial charge in [-0.15, -0.1) is 0 Å². The van der Waals surface area contributed by atoms with Gasteiger partial charge in [0.2, 0.25) is 0 Å². The first-order valence-electron chi connectivity index (χ1n) is 5.91. The highest BCUT2D eigenvalue weighted by atomic mass is 79.9. The molecule has 2 aromatic rings. The van der Waals surface area contributed by atoms with Crippen molar-refractivity contribution in [3.05, 3.63) is 58.2 Å². The summed E-state index contributed by atoms with van der Waals surface area (Å²) in [4.78, 5) is 16.3. The summed E-state index contributed by atoms with van der Waals surface area (Å²) in [6.07, 6.45) is 2.32. The van der Waals surface area contributed by atoms with Gasteiger partial charge in [-0.1, -0.05) is 18.2 Å². The van der Waals surface area contributed by atoms with Gasteiger partial charge in [0.05, 0.1) is 0 Å². The maximum Gasteiger partial charge on any atom is 0.257 e. The molecule has 2 rings (SSSR count). The van der Waals surface area contributed by atoms with E-state index in [2.05, 4.69) is 26.2 Å². The normalized spacial score (nSPS) is 10.2. The molecule has 1 heterocycles. The summed E-state index contributed by atoms with van der Waals surface area (Å²) in [5.41, 5.74) is 7.13. The van der Waals surface area contributed by atoms with Gasteiger partial charge >= 0.3 is 0 Å². The van der Waals surface area contributed by atoms with Crippen LogP contribution in [0.2, 0.25) is 0 Å². The first kappa shape index (κ1) is 13.7. The molecule has 0 unspecified atom stereocenters. The Bertz CT molecular complexity index is 569. The summed E-state index contributed by atoms with van der Waals surface area (Å²) in [7, 11) is 0. The Morgan fingerprint density at radius 1 is 1.26 bits per heavy atom. The van der Waals surface area contributed by atoms with E-state index in [0.717, 1.165) is 10.0 Å². The van der Waals surface area contributed by atoms with Gasteiger partial charge in [-0.25, -0.2) is 4.98 Å². The standard InChI is InChI=1S/C14H14BrN3O/c15-11-5-6-13(17-9-11)18-14(19)12-4-2-1-3-10(12)7-8-16/h1-6,9H,7-8,16H2,(H,17,18,19). The van der Waals surface area contributed by atoms with E-state index >= 15 is 0 Å². The lowest BCUT2D eigenvalue weighted by molar-refractivity contribution is 0.102. The van der Waals surface area contributed by atoms with Crippen molar-refractivity contribution in [2.45, 2.75) is 6.42 Å². The Kier molecular flexibility index (Phi) is 4.65. The number of benzene rings is 1. The first-order chi connectivity index (χ1) is 9.20. The fraction of sp³-hybridized carbons (Fsp3) is 0.143. The number of amides is 1. The molecule has 98 valence electrons. The van der Waals surface area contributed by atoms with Crippen molar-refractivity contribution >= 4 is 27.7 Å². The molecule has 19 heavy (non-hydrogen) atoms. The Hall–Kier alpha value is -1.72. The summed E-state index contributed by atoms with van der Waals surface area (Å²) < 4.78 is 0.869. The average Bonchev–Trinajstić information content (AvgIpc) is 2.42. The second-order valence-corrected chi connectivity index (χ2v) is 4.93. The first-order valence-corrected chi connectivity index (χ1v) is 6.71. The molecule has 0 aliphatic rings. The van der Waals surface area contributed by atoms with Gasteiger partial charge in [-0.05, 0) is 52.7 Å². The largest absolute Gasteiger partial charge is 0.330 e. The molecule has 0 atom stereocenters. The van der Waals surface area contributed by atoms with Crippen LogP contribution in [0.4, 0.5) is 5.82 Å². The monoisotopic (exact) mass is 319 g/mol. The molecule has 3 N–H and O–H groups in total. The predicted molar refractivity (Wildman–Crippen MR) is 79.1 cm³/mol. The van der Waals surface area contributed by atoms with Crippen LogP contribution in [0.15, 0.2) is 47.1 Å². The van der Waals surface area contributed by atoms with E-state index < -0.39 is 0 Å². The minimum absolute atomic E-state index is 0.168. The number of pyridine rings is 1. The maximum atomic E-state index is 12.2. The van der Waals surface area contributed by atoms with Crippen molar-refractivity contribution in [1.82, 2.24) is 4.98 Å². The van der Waals surface area contributed by atoms with Crippen LogP contribution >= 0.6 is 15.9 Å². The molecular formula is C14H14BrN3O. The second-order valence-electron chi connectivity index (χ2n) is 4.01. The third kappa shape index (κ3) is 3.62. The SMILES string of the molecule is NCCc1ccccc1C(=O)Nc1ccc(Br)cn1. The van der Waals surface area contributed by atoms with E-state index in [1.807, 2.05) is 24.3 Å². The van der Waals surface area contributed by atoms with E-state index in [0.29, 0.717) is 24.3 Å². The maximum absolute atomic E-state index is 12.2. The van der Waals surface area contributed by atoms with Gasteiger partial charge in [0.15, 0.2) is 0 Å². The lowest BCUT2D eigenvalue weighted by Gasteiger charge is -2.09. The summed E-state index contributed by atoms with van der Waals surface area (Å²) >= 11 is 3.30. The number of nitrogens with two attached hydrogens (primary N) is 1. The Morgan fingerprint density at radius 2 is 2.05 bits per heavy atom. The number of carbonyl (C=O) groups excluding carboxylic acids is 1. The number of hydrogen-bond acceptors (Lipinski definition) is 3. The lowest BCUT2D eigenvalue weighted by atomic mass is 10.0. The van der Waals surface area contributed by atoms with Crippen LogP contribution < -0.4 is 11.1 Å². The molecule has 0 aliphatic heterocycles. The summed E-state index contributed by atoms with van der Waals surface area (Å²) in [5.74, 6) is 0.356.